The van der Waals surface area contributed by atoms with Crippen molar-refractivity contribution in [3.8, 4) is 0 Å². The second kappa shape index (κ2) is 7.23. The number of rotatable bonds is 5. The normalized spacial score (nSPS) is 20.5. The maximum absolute atomic E-state index is 4.30. The lowest BCUT2D eigenvalue weighted by Crippen LogP contribution is -2.00. The Hall–Kier alpha value is -1.63. The quantitative estimate of drug-likeness (QED) is 0.607. The summed E-state index contributed by atoms with van der Waals surface area (Å²) in [5.41, 5.74) is 6.79. The Morgan fingerprint density at radius 1 is 1.35 bits per heavy atom. The molecule has 0 bridgehead atoms. The molecule has 1 aliphatic heterocycles. The first-order chi connectivity index (χ1) is 9.69. The van der Waals surface area contributed by atoms with E-state index in [9.17, 15) is 0 Å². The topological polar surface area (TPSA) is 12.4 Å². The molecule has 0 aromatic heterocycles. The summed E-state index contributed by atoms with van der Waals surface area (Å²) in [5.74, 6) is 0. The molecule has 2 rings (SSSR count). The molecule has 1 heterocycles. The summed E-state index contributed by atoms with van der Waals surface area (Å²) in [6, 6.07) is 0. The maximum atomic E-state index is 4.30. The van der Waals surface area contributed by atoms with Crippen molar-refractivity contribution in [1.82, 2.24) is 0 Å². The molecule has 0 aromatic rings. The molecule has 0 spiro atoms. The lowest BCUT2D eigenvalue weighted by Gasteiger charge is -2.18. The summed E-state index contributed by atoms with van der Waals surface area (Å²) in [5, 5.41) is 0. The van der Waals surface area contributed by atoms with Crippen molar-refractivity contribution in [2.75, 3.05) is 0 Å². The molecule has 0 N–H and O–H groups in total. The summed E-state index contributed by atoms with van der Waals surface area (Å²) in [4.78, 5) is 4.30. The van der Waals surface area contributed by atoms with Gasteiger partial charge in [-0.2, -0.15) is 0 Å². The van der Waals surface area contributed by atoms with Gasteiger partial charge in [-0.15, -0.1) is 0 Å². The van der Waals surface area contributed by atoms with E-state index in [2.05, 4.69) is 43.6 Å². The smallest absolute Gasteiger partial charge is 0.0298 e. The Bertz CT molecular complexity index is 524. The molecule has 0 amide bonds. The van der Waals surface area contributed by atoms with E-state index in [4.69, 9.17) is 0 Å². The van der Waals surface area contributed by atoms with Crippen LogP contribution in [0.5, 0.6) is 0 Å². The number of unbranched alkanes of at least 4 members (excludes halogenated alkanes) is 1. The standard InChI is InChI=1S/C19H25N/c1-4-5-7-15(2)10-17-11-16(3)12-19(13-17)18-8-6-9-20-14-18/h9-12,14H,2,4-8,13H2,1,3H3/b17-10-. The summed E-state index contributed by atoms with van der Waals surface area (Å²) >= 11 is 0. The molecule has 0 aromatic carbocycles. The van der Waals surface area contributed by atoms with Crippen molar-refractivity contribution >= 4 is 6.21 Å². The molecular formula is C19H25N. The van der Waals surface area contributed by atoms with Crippen molar-refractivity contribution in [1.29, 1.82) is 0 Å². The summed E-state index contributed by atoms with van der Waals surface area (Å²) < 4.78 is 0. The molecule has 0 atom stereocenters. The first-order valence-corrected chi connectivity index (χ1v) is 7.67. The van der Waals surface area contributed by atoms with Crippen LogP contribution in [0.2, 0.25) is 0 Å². The van der Waals surface area contributed by atoms with Crippen molar-refractivity contribution in [3.05, 3.63) is 58.9 Å². The van der Waals surface area contributed by atoms with Gasteiger partial charge in [-0.25, -0.2) is 0 Å². The van der Waals surface area contributed by atoms with Gasteiger partial charge in [0.05, 0.1) is 0 Å². The van der Waals surface area contributed by atoms with Crippen molar-refractivity contribution < 1.29 is 0 Å². The summed E-state index contributed by atoms with van der Waals surface area (Å²) in [7, 11) is 0. The van der Waals surface area contributed by atoms with Gasteiger partial charge in [0, 0.05) is 12.4 Å². The first-order valence-electron chi connectivity index (χ1n) is 7.67. The molecule has 0 saturated heterocycles. The fourth-order valence-corrected chi connectivity index (χ4v) is 2.71. The first kappa shape index (κ1) is 14.8. The minimum Gasteiger partial charge on any atom is -0.269 e. The average Bonchev–Trinajstić information content (AvgIpc) is 2.45. The van der Waals surface area contributed by atoms with Crippen LogP contribution in [0.4, 0.5) is 0 Å². The Balaban J connectivity index is 2.10. The van der Waals surface area contributed by atoms with Crippen molar-refractivity contribution in [2.24, 2.45) is 4.99 Å². The van der Waals surface area contributed by atoms with E-state index in [1.807, 2.05) is 12.4 Å². The fraction of sp³-hybridized carbons (Fsp3) is 0.421. The molecular weight excluding hydrogens is 242 g/mol. The molecule has 0 unspecified atom stereocenters. The predicted molar refractivity (Wildman–Crippen MR) is 89.0 cm³/mol. The largest absolute Gasteiger partial charge is 0.269 e. The van der Waals surface area contributed by atoms with Gasteiger partial charge in [0.1, 0.15) is 0 Å². The highest BCUT2D eigenvalue weighted by Crippen LogP contribution is 2.31. The third-order valence-electron chi connectivity index (χ3n) is 3.74. The highest BCUT2D eigenvalue weighted by Gasteiger charge is 2.13. The van der Waals surface area contributed by atoms with Gasteiger partial charge < -0.3 is 0 Å². The van der Waals surface area contributed by atoms with Gasteiger partial charge >= 0.3 is 0 Å². The summed E-state index contributed by atoms with van der Waals surface area (Å²) in [6.45, 7) is 8.58. The van der Waals surface area contributed by atoms with Gasteiger partial charge in [0.15, 0.2) is 0 Å². The Morgan fingerprint density at radius 2 is 2.20 bits per heavy atom. The van der Waals surface area contributed by atoms with E-state index in [0.717, 1.165) is 25.7 Å². The molecule has 1 aliphatic carbocycles. The zero-order valence-corrected chi connectivity index (χ0v) is 12.8. The average molecular weight is 267 g/mol. The van der Waals surface area contributed by atoms with E-state index in [0.29, 0.717) is 0 Å². The van der Waals surface area contributed by atoms with Gasteiger partial charge in [-0.05, 0) is 55.7 Å². The van der Waals surface area contributed by atoms with Gasteiger partial charge in [-0.1, -0.05) is 49.3 Å². The second-order valence-electron chi connectivity index (χ2n) is 5.74. The minimum atomic E-state index is 1.02. The molecule has 0 radical (unpaired) electrons. The van der Waals surface area contributed by atoms with Gasteiger partial charge in [-0.3, -0.25) is 4.99 Å². The van der Waals surface area contributed by atoms with E-state index < -0.39 is 0 Å². The van der Waals surface area contributed by atoms with Gasteiger partial charge in [0.25, 0.3) is 0 Å². The van der Waals surface area contributed by atoms with Crippen LogP contribution < -0.4 is 0 Å². The Labute approximate surface area is 123 Å². The fourth-order valence-electron chi connectivity index (χ4n) is 2.71. The van der Waals surface area contributed by atoms with Crippen molar-refractivity contribution in [2.45, 2.75) is 52.4 Å². The van der Waals surface area contributed by atoms with Crippen LogP contribution >= 0.6 is 0 Å². The molecule has 1 heteroatoms. The van der Waals surface area contributed by atoms with Crippen LogP contribution in [0.3, 0.4) is 0 Å². The lowest BCUT2D eigenvalue weighted by molar-refractivity contribution is 0.798. The zero-order valence-electron chi connectivity index (χ0n) is 12.8. The van der Waals surface area contributed by atoms with E-state index in [-0.39, 0.29) is 0 Å². The maximum Gasteiger partial charge on any atom is 0.0298 e. The number of nitrogens with zero attached hydrogens (tertiary/aromatic N) is 1. The number of hydrogen-bond donors (Lipinski definition) is 0. The number of hydrogen-bond acceptors (Lipinski definition) is 1. The van der Waals surface area contributed by atoms with E-state index >= 15 is 0 Å². The monoisotopic (exact) mass is 267 g/mol. The van der Waals surface area contributed by atoms with Crippen LogP contribution in [0.15, 0.2) is 63.9 Å². The van der Waals surface area contributed by atoms with E-state index in [1.165, 1.54) is 40.7 Å². The second-order valence-corrected chi connectivity index (χ2v) is 5.74. The Kier molecular flexibility index (Phi) is 5.34. The third-order valence-corrected chi connectivity index (χ3v) is 3.74. The van der Waals surface area contributed by atoms with Crippen LogP contribution in [0, 0.1) is 0 Å². The highest BCUT2D eigenvalue weighted by atomic mass is 14.7. The number of aliphatic imine (C=N–C) groups is 1. The number of allylic oxidation sites excluding steroid dienone is 8. The van der Waals surface area contributed by atoms with Gasteiger partial charge in [0.2, 0.25) is 0 Å². The lowest BCUT2D eigenvalue weighted by atomic mass is 9.88. The molecule has 0 saturated carbocycles. The highest BCUT2D eigenvalue weighted by molar-refractivity contribution is 5.62. The molecule has 2 aliphatic rings. The predicted octanol–water partition coefficient (Wildman–Crippen LogP) is 5.68. The Morgan fingerprint density at radius 3 is 2.90 bits per heavy atom. The van der Waals surface area contributed by atoms with Crippen LogP contribution in [-0.4, -0.2) is 6.21 Å². The summed E-state index contributed by atoms with van der Waals surface area (Å²) in [6.07, 6.45) is 17.7. The SMILES string of the molecule is C=C(/C=C1/C=C(C)C=C(C2=CN=CCC2)C1)CCCC. The molecule has 0 fully saturated rings. The van der Waals surface area contributed by atoms with Crippen LogP contribution in [-0.2, 0) is 0 Å². The van der Waals surface area contributed by atoms with Crippen molar-refractivity contribution in [3.63, 3.8) is 0 Å². The van der Waals surface area contributed by atoms with Crippen LogP contribution in [0.1, 0.15) is 52.4 Å². The van der Waals surface area contributed by atoms with Crippen LogP contribution in [0.25, 0.3) is 0 Å². The minimum absolute atomic E-state index is 1.02. The third kappa shape index (κ3) is 4.19. The molecule has 1 nitrogen and oxygen atoms in total. The molecule has 106 valence electrons. The zero-order chi connectivity index (χ0) is 14.4. The van der Waals surface area contributed by atoms with E-state index in [1.54, 1.807) is 0 Å². The molecule has 20 heavy (non-hydrogen) atoms.